The quantitative estimate of drug-likeness (QED) is 0.801. The van der Waals surface area contributed by atoms with Crippen molar-refractivity contribution in [3.63, 3.8) is 0 Å². The maximum Gasteiger partial charge on any atom is 0.330 e. The number of hydrogen-bond donors (Lipinski definition) is 1. The molecule has 1 N–H and O–H groups in total. The van der Waals surface area contributed by atoms with E-state index in [4.69, 9.17) is 6.42 Å². The molecule has 0 spiro atoms. The van der Waals surface area contributed by atoms with E-state index in [1.165, 1.54) is 0 Å². The van der Waals surface area contributed by atoms with E-state index in [2.05, 4.69) is 21.1 Å². The number of H-pyrrole nitrogens is 1. The monoisotopic (exact) mass is 363 g/mol. The summed E-state index contributed by atoms with van der Waals surface area (Å²) >= 11 is 0. The Morgan fingerprint density at radius 2 is 2.11 bits per heavy atom. The smallest absolute Gasteiger partial charge is 0.330 e. The molecule has 0 atom stereocenters. The standard InChI is InChI=1S/C20H21N5O2/c1-2-3-11-20(22-23-20)12-8-18(26)24-13-9-15(10-14-24)25-17-7-5-4-6-16(17)21-19(25)27/h1,4-7,9H,3,8,10-14H2,(H,21,27). The summed E-state index contributed by atoms with van der Waals surface area (Å²) in [5.41, 5.74) is 2.04. The summed E-state index contributed by atoms with van der Waals surface area (Å²) in [6, 6.07) is 7.61. The molecule has 7 nitrogen and oxygen atoms in total. The predicted octanol–water partition coefficient (Wildman–Crippen LogP) is 2.76. The van der Waals surface area contributed by atoms with Crippen LogP contribution in [0.25, 0.3) is 16.7 Å². The summed E-state index contributed by atoms with van der Waals surface area (Å²) in [7, 11) is 0. The number of para-hydroxylation sites is 2. The maximum absolute atomic E-state index is 12.5. The summed E-state index contributed by atoms with van der Waals surface area (Å²) in [4.78, 5) is 29.5. The van der Waals surface area contributed by atoms with E-state index in [0.717, 1.165) is 16.7 Å². The van der Waals surface area contributed by atoms with Crippen molar-refractivity contribution >= 4 is 22.6 Å². The number of carbonyl (C=O) groups is 1. The van der Waals surface area contributed by atoms with Crippen LogP contribution in [0.2, 0.25) is 0 Å². The van der Waals surface area contributed by atoms with Crippen molar-refractivity contribution < 1.29 is 4.79 Å². The van der Waals surface area contributed by atoms with Crippen LogP contribution in [0.3, 0.4) is 0 Å². The predicted molar refractivity (Wildman–Crippen MR) is 103 cm³/mol. The second kappa shape index (κ2) is 6.88. The highest BCUT2D eigenvalue weighted by Gasteiger charge is 2.39. The normalized spacial score (nSPS) is 17.6. The number of benzene rings is 1. The fourth-order valence-corrected chi connectivity index (χ4v) is 3.56. The van der Waals surface area contributed by atoms with Crippen molar-refractivity contribution in [1.29, 1.82) is 0 Å². The van der Waals surface area contributed by atoms with E-state index in [1.54, 1.807) is 4.57 Å². The number of aromatic nitrogens is 2. The van der Waals surface area contributed by atoms with E-state index in [0.29, 0.717) is 45.2 Å². The zero-order valence-electron chi connectivity index (χ0n) is 15.0. The molecule has 0 radical (unpaired) electrons. The van der Waals surface area contributed by atoms with E-state index >= 15 is 0 Å². The SMILES string of the molecule is C#CCCC1(CCC(=O)N2CC=C(n3c(=O)[nH]c4ccccc43)CC2)N=N1. The number of imidazole rings is 1. The molecule has 2 aliphatic rings. The minimum atomic E-state index is -0.420. The topological polar surface area (TPSA) is 82.8 Å². The van der Waals surface area contributed by atoms with Crippen molar-refractivity contribution in [1.82, 2.24) is 14.5 Å². The number of amides is 1. The van der Waals surface area contributed by atoms with Crippen LogP contribution in [-0.2, 0) is 4.79 Å². The minimum absolute atomic E-state index is 0.0916. The summed E-state index contributed by atoms with van der Waals surface area (Å²) in [6.45, 7) is 1.11. The highest BCUT2D eigenvalue weighted by Crippen LogP contribution is 2.37. The second-order valence-electron chi connectivity index (χ2n) is 6.95. The van der Waals surface area contributed by atoms with Gasteiger partial charge in [-0.25, -0.2) is 4.79 Å². The van der Waals surface area contributed by atoms with Crippen molar-refractivity contribution in [2.24, 2.45) is 10.2 Å². The summed E-state index contributed by atoms with van der Waals surface area (Å²) in [5.74, 6) is 2.69. The number of rotatable bonds is 6. The Bertz CT molecular complexity index is 1030. The first-order valence-electron chi connectivity index (χ1n) is 9.16. The van der Waals surface area contributed by atoms with Crippen LogP contribution in [0.15, 0.2) is 45.4 Å². The molecular weight excluding hydrogens is 342 g/mol. The average molecular weight is 363 g/mol. The lowest BCUT2D eigenvalue weighted by Crippen LogP contribution is -2.36. The Kier molecular flexibility index (Phi) is 4.40. The molecule has 2 aromatic rings. The molecule has 138 valence electrons. The zero-order valence-corrected chi connectivity index (χ0v) is 15.0. The van der Waals surface area contributed by atoms with E-state index < -0.39 is 5.66 Å². The molecule has 0 saturated heterocycles. The van der Waals surface area contributed by atoms with E-state index in [-0.39, 0.29) is 11.6 Å². The number of nitrogens with one attached hydrogen (secondary N) is 1. The molecule has 4 rings (SSSR count). The van der Waals surface area contributed by atoms with Crippen LogP contribution in [0.4, 0.5) is 0 Å². The first kappa shape index (κ1) is 17.3. The molecule has 2 aliphatic heterocycles. The van der Waals surface area contributed by atoms with Gasteiger partial charge in [0.1, 0.15) is 0 Å². The van der Waals surface area contributed by atoms with Gasteiger partial charge in [0.2, 0.25) is 5.91 Å². The number of hydrogen-bond acceptors (Lipinski definition) is 4. The van der Waals surface area contributed by atoms with E-state index in [1.807, 2.05) is 35.2 Å². The Morgan fingerprint density at radius 3 is 2.81 bits per heavy atom. The van der Waals surface area contributed by atoms with Gasteiger partial charge >= 0.3 is 5.69 Å². The Hall–Kier alpha value is -3.14. The van der Waals surface area contributed by atoms with Crippen LogP contribution in [-0.4, -0.2) is 39.1 Å². The molecular formula is C20H21N5O2. The van der Waals surface area contributed by atoms with Crippen molar-refractivity contribution in [2.45, 2.75) is 37.8 Å². The maximum atomic E-state index is 12.5. The summed E-state index contributed by atoms with van der Waals surface area (Å²) in [5, 5.41) is 8.16. The lowest BCUT2D eigenvalue weighted by Gasteiger charge is -2.27. The fraction of sp³-hybridized carbons (Fsp3) is 0.400. The zero-order chi connectivity index (χ0) is 18.9. The number of aromatic amines is 1. The fourth-order valence-electron chi connectivity index (χ4n) is 3.56. The van der Waals surface area contributed by atoms with E-state index in [9.17, 15) is 9.59 Å². The molecule has 1 aromatic heterocycles. The van der Waals surface area contributed by atoms with Crippen molar-refractivity contribution in [3.8, 4) is 12.3 Å². The molecule has 1 aromatic carbocycles. The van der Waals surface area contributed by atoms with Crippen molar-refractivity contribution in [2.75, 3.05) is 13.1 Å². The van der Waals surface area contributed by atoms with Crippen LogP contribution in [0, 0.1) is 12.3 Å². The summed E-state index contributed by atoms with van der Waals surface area (Å²) in [6.07, 6.45) is 10.3. The second-order valence-corrected chi connectivity index (χ2v) is 6.95. The average Bonchev–Trinajstić information content (AvgIpc) is 3.39. The Balaban J connectivity index is 1.40. The van der Waals surface area contributed by atoms with Gasteiger partial charge in [-0.1, -0.05) is 12.1 Å². The van der Waals surface area contributed by atoms with Crippen LogP contribution in [0.5, 0.6) is 0 Å². The van der Waals surface area contributed by atoms with Crippen LogP contribution in [0.1, 0.15) is 32.1 Å². The molecule has 0 aliphatic carbocycles. The molecule has 0 unspecified atom stereocenters. The third-order valence-electron chi connectivity index (χ3n) is 5.21. The van der Waals surface area contributed by atoms with Gasteiger partial charge in [0.05, 0.1) is 11.0 Å². The third kappa shape index (κ3) is 3.43. The lowest BCUT2D eigenvalue weighted by atomic mass is 10.0. The lowest BCUT2D eigenvalue weighted by molar-refractivity contribution is -0.131. The van der Waals surface area contributed by atoms with Crippen molar-refractivity contribution in [3.05, 3.63) is 40.8 Å². The third-order valence-corrected chi connectivity index (χ3v) is 5.21. The van der Waals surface area contributed by atoms with Gasteiger partial charge < -0.3 is 9.88 Å². The number of terminal acetylenes is 1. The van der Waals surface area contributed by atoms with Gasteiger partial charge in [-0.2, -0.15) is 10.2 Å². The highest BCUT2D eigenvalue weighted by atomic mass is 16.2. The minimum Gasteiger partial charge on any atom is -0.339 e. The molecule has 3 heterocycles. The van der Waals surface area contributed by atoms with Crippen LogP contribution < -0.4 is 5.69 Å². The van der Waals surface area contributed by atoms with Gasteiger partial charge in [0.25, 0.3) is 0 Å². The first-order valence-corrected chi connectivity index (χ1v) is 9.16. The van der Waals surface area contributed by atoms with Crippen LogP contribution >= 0.6 is 0 Å². The number of carbonyl (C=O) groups excluding carboxylic acids is 1. The molecule has 0 saturated carbocycles. The number of nitrogens with zero attached hydrogens (tertiary/aromatic N) is 4. The number of fused-ring (bicyclic) bond motifs is 1. The van der Waals surface area contributed by atoms with Gasteiger partial charge in [-0.3, -0.25) is 9.36 Å². The molecule has 1 amide bonds. The molecule has 27 heavy (non-hydrogen) atoms. The molecule has 0 bridgehead atoms. The largest absolute Gasteiger partial charge is 0.339 e. The Labute approximate surface area is 156 Å². The Morgan fingerprint density at radius 1 is 1.30 bits per heavy atom. The summed E-state index contributed by atoms with van der Waals surface area (Å²) < 4.78 is 1.70. The van der Waals surface area contributed by atoms with Gasteiger partial charge in [-0.05, 0) is 18.2 Å². The first-order chi connectivity index (χ1) is 13.1. The molecule has 0 fully saturated rings. The molecule has 7 heteroatoms. The van der Waals surface area contributed by atoms with Gasteiger partial charge in [-0.15, -0.1) is 12.3 Å². The van der Waals surface area contributed by atoms with Gasteiger partial charge in [0.15, 0.2) is 5.66 Å². The highest BCUT2D eigenvalue weighted by molar-refractivity contribution is 5.80. The van der Waals surface area contributed by atoms with Gasteiger partial charge in [0, 0.05) is 50.9 Å².